The quantitative estimate of drug-likeness (QED) is 0.686. The normalized spacial score (nSPS) is 38.5. The maximum atomic E-state index is 10.8. The third-order valence-corrected chi connectivity index (χ3v) is 4.29. The van der Waals surface area contributed by atoms with Crippen LogP contribution in [0.15, 0.2) is 24.3 Å². The maximum Gasteiger partial charge on any atom is 0.0932 e. The third kappa shape index (κ3) is 1.26. The molecule has 3 rings (SSSR count). The van der Waals surface area contributed by atoms with Gasteiger partial charge in [0.2, 0.25) is 0 Å². The van der Waals surface area contributed by atoms with Gasteiger partial charge in [-0.05, 0) is 42.2 Å². The van der Waals surface area contributed by atoms with Crippen LogP contribution in [0.1, 0.15) is 37.3 Å². The second-order valence-corrected chi connectivity index (χ2v) is 5.37. The van der Waals surface area contributed by atoms with Gasteiger partial charge in [-0.25, -0.2) is 0 Å². The summed E-state index contributed by atoms with van der Waals surface area (Å²) in [5.41, 5.74) is 2.08. The lowest BCUT2D eigenvalue weighted by Gasteiger charge is -2.38. The van der Waals surface area contributed by atoms with Crippen molar-refractivity contribution in [3.05, 3.63) is 35.4 Å². The molecule has 1 fully saturated rings. The summed E-state index contributed by atoms with van der Waals surface area (Å²) >= 11 is 0. The van der Waals surface area contributed by atoms with E-state index in [4.69, 9.17) is 0 Å². The molecule has 1 aromatic carbocycles. The number of hydrogen-bond acceptors (Lipinski definition) is 1. The highest BCUT2D eigenvalue weighted by molar-refractivity contribution is 5.39. The Balaban J connectivity index is 2.07. The van der Waals surface area contributed by atoms with Crippen molar-refractivity contribution in [2.24, 2.45) is 11.8 Å². The van der Waals surface area contributed by atoms with Crippen LogP contribution >= 0.6 is 0 Å². The number of fused-ring (bicyclic) bond motifs is 3. The molecule has 0 aliphatic heterocycles. The highest BCUT2D eigenvalue weighted by atomic mass is 16.3. The number of rotatable bonds is 0. The Morgan fingerprint density at radius 2 is 2.07 bits per heavy atom. The first-order valence-electron chi connectivity index (χ1n) is 6.01. The molecule has 1 heteroatoms. The van der Waals surface area contributed by atoms with Gasteiger partial charge in [0.25, 0.3) is 0 Å². The van der Waals surface area contributed by atoms with Gasteiger partial charge in [-0.2, -0.15) is 0 Å². The number of aliphatic hydroxyl groups is 1. The number of benzene rings is 1. The molecule has 2 aliphatic carbocycles. The lowest BCUT2D eigenvalue weighted by molar-refractivity contribution is -0.0574. The highest BCUT2D eigenvalue weighted by Crippen LogP contribution is 2.51. The Bertz CT molecular complexity index is 385. The van der Waals surface area contributed by atoms with Crippen LogP contribution in [-0.2, 0) is 12.0 Å². The molecule has 0 bridgehead atoms. The highest BCUT2D eigenvalue weighted by Gasteiger charge is 2.47. The summed E-state index contributed by atoms with van der Waals surface area (Å²) in [5, 5.41) is 10.8. The van der Waals surface area contributed by atoms with Gasteiger partial charge in [0, 0.05) is 0 Å². The predicted molar refractivity (Wildman–Crippen MR) is 60.5 cm³/mol. The van der Waals surface area contributed by atoms with E-state index in [0.717, 1.165) is 12.8 Å². The smallest absolute Gasteiger partial charge is 0.0932 e. The molecule has 80 valence electrons. The molecule has 0 radical (unpaired) electrons. The van der Waals surface area contributed by atoms with Gasteiger partial charge in [-0.1, -0.05) is 37.6 Å². The van der Waals surface area contributed by atoms with Crippen molar-refractivity contribution in [2.45, 2.75) is 38.2 Å². The molecule has 0 saturated heterocycles. The van der Waals surface area contributed by atoms with Crippen LogP contribution in [0.4, 0.5) is 0 Å². The summed E-state index contributed by atoms with van der Waals surface area (Å²) in [6.45, 7) is 2.26. The van der Waals surface area contributed by atoms with E-state index in [9.17, 15) is 5.11 Å². The van der Waals surface area contributed by atoms with E-state index in [1.165, 1.54) is 24.0 Å². The zero-order chi connectivity index (χ0) is 10.5. The second-order valence-electron chi connectivity index (χ2n) is 5.37. The molecule has 0 spiro atoms. The molecule has 15 heavy (non-hydrogen) atoms. The standard InChI is InChI=1S/C14H18O/c1-10-6-7-12-8-11-4-2-3-5-13(11)14(12,15)9-10/h2-5,10,12,15H,6-9H2,1H3/t10-,12+,14-/m0/s1. The maximum absolute atomic E-state index is 10.8. The Hall–Kier alpha value is -0.820. The van der Waals surface area contributed by atoms with Gasteiger partial charge in [-0.15, -0.1) is 0 Å². The zero-order valence-corrected chi connectivity index (χ0v) is 9.24. The fourth-order valence-electron chi connectivity index (χ4n) is 3.51. The minimum absolute atomic E-state index is 0.478. The predicted octanol–water partition coefficient (Wildman–Crippen LogP) is 2.87. The minimum atomic E-state index is -0.506. The largest absolute Gasteiger partial charge is 0.385 e. The Kier molecular flexibility index (Phi) is 1.93. The SMILES string of the molecule is C[C@H]1CC[C@@H]2Cc3ccccc3[C@]2(O)C1. The summed E-state index contributed by atoms with van der Waals surface area (Å²) in [4.78, 5) is 0. The zero-order valence-electron chi connectivity index (χ0n) is 9.24. The molecule has 1 saturated carbocycles. The van der Waals surface area contributed by atoms with Crippen molar-refractivity contribution >= 4 is 0 Å². The van der Waals surface area contributed by atoms with Crippen LogP contribution in [0.25, 0.3) is 0 Å². The Labute approximate surface area is 91.1 Å². The van der Waals surface area contributed by atoms with Crippen molar-refractivity contribution < 1.29 is 5.11 Å². The van der Waals surface area contributed by atoms with Crippen molar-refractivity contribution in [1.29, 1.82) is 0 Å². The van der Waals surface area contributed by atoms with E-state index in [1.807, 2.05) is 0 Å². The molecule has 0 unspecified atom stereocenters. The van der Waals surface area contributed by atoms with Crippen LogP contribution in [0.5, 0.6) is 0 Å². The topological polar surface area (TPSA) is 20.2 Å². The molecule has 0 heterocycles. The van der Waals surface area contributed by atoms with E-state index in [1.54, 1.807) is 0 Å². The van der Waals surface area contributed by atoms with Gasteiger partial charge < -0.3 is 5.11 Å². The van der Waals surface area contributed by atoms with E-state index in [-0.39, 0.29) is 0 Å². The Morgan fingerprint density at radius 3 is 2.93 bits per heavy atom. The Morgan fingerprint density at radius 1 is 1.27 bits per heavy atom. The molecule has 2 aliphatic rings. The molecule has 1 N–H and O–H groups in total. The van der Waals surface area contributed by atoms with Gasteiger partial charge in [0.05, 0.1) is 5.60 Å². The van der Waals surface area contributed by atoms with Crippen LogP contribution in [-0.4, -0.2) is 5.11 Å². The van der Waals surface area contributed by atoms with Gasteiger partial charge in [-0.3, -0.25) is 0 Å². The molecular formula is C14H18O. The van der Waals surface area contributed by atoms with Crippen molar-refractivity contribution in [1.82, 2.24) is 0 Å². The van der Waals surface area contributed by atoms with Gasteiger partial charge >= 0.3 is 0 Å². The van der Waals surface area contributed by atoms with Crippen LogP contribution in [0, 0.1) is 11.8 Å². The average molecular weight is 202 g/mol. The minimum Gasteiger partial charge on any atom is -0.385 e. The number of hydrogen-bond donors (Lipinski definition) is 1. The molecule has 0 aromatic heterocycles. The van der Waals surface area contributed by atoms with Crippen molar-refractivity contribution in [3.8, 4) is 0 Å². The third-order valence-electron chi connectivity index (χ3n) is 4.29. The first-order valence-corrected chi connectivity index (χ1v) is 6.01. The fourth-order valence-corrected chi connectivity index (χ4v) is 3.51. The molecule has 3 atom stereocenters. The second kappa shape index (κ2) is 3.08. The molecular weight excluding hydrogens is 184 g/mol. The molecule has 1 nitrogen and oxygen atoms in total. The van der Waals surface area contributed by atoms with E-state index < -0.39 is 5.60 Å². The summed E-state index contributed by atoms with van der Waals surface area (Å²) in [7, 11) is 0. The van der Waals surface area contributed by atoms with E-state index in [2.05, 4.69) is 31.2 Å². The lowest BCUT2D eigenvalue weighted by atomic mass is 9.71. The monoisotopic (exact) mass is 202 g/mol. The van der Waals surface area contributed by atoms with E-state index >= 15 is 0 Å². The van der Waals surface area contributed by atoms with Crippen molar-refractivity contribution in [3.63, 3.8) is 0 Å². The summed E-state index contributed by atoms with van der Waals surface area (Å²) < 4.78 is 0. The van der Waals surface area contributed by atoms with Gasteiger partial charge in [0.15, 0.2) is 0 Å². The van der Waals surface area contributed by atoms with Gasteiger partial charge in [0.1, 0.15) is 0 Å². The van der Waals surface area contributed by atoms with Crippen LogP contribution in [0.3, 0.4) is 0 Å². The molecule has 0 amide bonds. The summed E-state index contributed by atoms with van der Waals surface area (Å²) in [6, 6.07) is 8.44. The lowest BCUT2D eigenvalue weighted by Crippen LogP contribution is -2.37. The molecule has 1 aromatic rings. The summed E-state index contributed by atoms with van der Waals surface area (Å²) in [5.74, 6) is 1.14. The first-order chi connectivity index (χ1) is 7.20. The van der Waals surface area contributed by atoms with Crippen LogP contribution < -0.4 is 0 Å². The van der Waals surface area contributed by atoms with Crippen LogP contribution in [0.2, 0.25) is 0 Å². The van der Waals surface area contributed by atoms with E-state index in [0.29, 0.717) is 11.8 Å². The summed E-state index contributed by atoms with van der Waals surface area (Å²) in [6.07, 6.45) is 4.50. The first kappa shape index (κ1) is 9.41. The average Bonchev–Trinajstić information content (AvgIpc) is 2.51. The van der Waals surface area contributed by atoms with Crippen molar-refractivity contribution in [2.75, 3.05) is 0 Å². The fraction of sp³-hybridized carbons (Fsp3) is 0.571.